The van der Waals surface area contributed by atoms with Crippen molar-refractivity contribution in [2.24, 2.45) is 0 Å². The molecule has 128 valence electrons. The van der Waals surface area contributed by atoms with Crippen LogP contribution in [0.4, 0.5) is 10.7 Å². The Morgan fingerprint density at radius 1 is 1.00 bits per heavy atom. The van der Waals surface area contributed by atoms with E-state index < -0.39 is 6.09 Å². The van der Waals surface area contributed by atoms with Gasteiger partial charge in [-0.2, -0.15) is 9.67 Å². The van der Waals surface area contributed by atoms with E-state index >= 15 is 0 Å². The second kappa shape index (κ2) is 6.76. The molecule has 1 amide bonds. The van der Waals surface area contributed by atoms with Crippen molar-refractivity contribution in [3.05, 3.63) is 66.5 Å². The molecule has 0 atom stereocenters. The molecule has 1 N–H and O–H groups in total. The van der Waals surface area contributed by atoms with Crippen LogP contribution in [-0.2, 0) is 5.41 Å². The summed E-state index contributed by atoms with van der Waals surface area (Å²) in [4.78, 5) is 16.7. The molecule has 0 bridgehead atoms. The maximum atomic E-state index is 12.2. The summed E-state index contributed by atoms with van der Waals surface area (Å²) >= 11 is 0. The number of ether oxygens (including phenoxy) is 1. The third-order valence-corrected chi connectivity index (χ3v) is 3.45. The molecule has 0 aliphatic carbocycles. The summed E-state index contributed by atoms with van der Waals surface area (Å²) in [5.41, 5.74) is 0.556. The van der Waals surface area contributed by atoms with Crippen molar-refractivity contribution in [3.8, 4) is 11.4 Å². The molecule has 3 aromatic rings. The van der Waals surface area contributed by atoms with E-state index in [4.69, 9.17) is 4.74 Å². The van der Waals surface area contributed by atoms with E-state index in [0.717, 1.165) is 5.69 Å². The number of rotatable bonds is 3. The maximum Gasteiger partial charge on any atom is 0.419 e. The monoisotopic (exact) mass is 336 g/mol. The molecule has 3 rings (SSSR count). The lowest BCUT2D eigenvalue weighted by Crippen LogP contribution is -2.19. The Morgan fingerprint density at radius 2 is 1.60 bits per heavy atom. The van der Waals surface area contributed by atoms with Gasteiger partial charge in [-0.3, -0.25) is 5.32 Å². The van der Waals surface area contributed by atoms with Crippen molar-refractivity contribution in [1.29, 1.82) is 0 Å². The molecular formula is C19H20N4O2. The Bertz CT molecular complexity index is 852. The predicted molar refractivity (Wildman–Crippen MR) is 96.1 cm³/mol. The zero-order valence-electron chi connectivity index (χ0n) is 14.4. The number of carbonyl (C=O) groups excluding carboxylic acids is 1. The first kappa shape index (κ1) is 16.7. The third kappa shape index (κ3) is 4.03. The molecule has 0 radical (unpaired) electrons. The van der Waals surface area contributed by atoms with Gasteiger partial charge < -0.3 is 4.74 Å². The van der Waals surface area contributed by atoms with Crippen LogP contribution in [0.25, 0.3) is 5.69 Å². The molecule has 0 fully saturated rings. The summed E-state index contributed by atoms with van der Waals surface area (Å²) in [6, 6.07) is 18.4. The number of para-hydroxylation sites is 2. The number of hydrogen-bond acceptors (Lipinski definition) is 4. The first-order valence-electron chi connectivity index (χ1n) is 8.00. The molecule has 1 heterocycles. The van der Waals surface area contributed by atoms with Gasteiger partial charge in [0.25, 0.3) is 0 Å². The summed E-state index contributed by atoms with van der Waals surface area (Å²) < 4.78 is 6.88. The van der Waals surface area contributed by atoms with Crippen molar-refractivity contribution in [1.82, 2.24) is 14.8 Å². The van der Waals surface area contributed by atoms with Gasteiger partial charge in [0.15, 0.2) is 5.82 Å². The Labute approximate surface area is 146 Å². The Hall–Kier alpha value is -3.15. The SMILES string of the molecule is CC(C)(C)c1nc(NC(=O)Oc2ccccc2)n(-c2ccccc2)n1. The van der Waals surface area contributed by atoms with Gasteiger partial charge in [0, 0.05) is 5.41 Å². The third-order valence-electron chi connectivity index (χ3n) is 3.45. The van der Waals surface area contributed by atoms with Crippen LogP contribution in [0.3, 0.4) is 0 Å². The standard InChI is InChI=1S/C19H20N4O2/c1-19(2,3)16-20-17(23(22-16)14-10-6-4-7-11-14)21-18(24)25-15-12-8-5-9-13-15/h4-13H,1-3H3,(H,20,21,22,24). The van der Waals surface area contributed by atoms with Crippen LogP contribution in [0.5, 0.6) is 5.75 Å². The summed E-state index contributed by atoms with van der Waals surface area (Å²) in [6.07, 6.45) is -0.615. The lowest BCUT2D eigenvalue weighted by Gasteiger charge is -2.12. The van der Waals surface area contributed by atoms with Crippen molar-refractivity contribution < 1.29 is 9.53 Å². The van der Waals surface area contributed by atoms with Crippen LogP contribution in [0.15, 0.2) is 60.7 Å². The Morgan fingerprint density at radius 3 is 2.20 bits per heavy atom. The van der Waals surface area contributed by atoms with E-state index in [0.29, 0.717) is 17.5 Å². The number of amides is 1. The second-order valence-electron chi connectivity index (χ2n) is 6.58. The molecule has 25 heavy (non-hydrogen) atoms. The Balaban J connectivity index is 1.89. The number of nitrogens with zero attached hydrogens (tertiary/aromatic N) is 3. The fourth-order valence-electron chi connectivity index (χ4n) is 2.17. The lowest BCUT2D eigenvalue weighted by atomic mass is 9.96. The van der Waals surface area contributed by atoms with Gasteiger partial charge in [-0.05, 0) is 24.3 Å². The van der Waals surface area contributed by atoms with E-state index in [9.17, 15) is 4.79 Å². The molecule has 1 aromatic heterocycles. The van der Waals surface area contributed by atoms with Gasteiger partial charge in [-0.25, -0.2) is 4.79 Å². The van der Waals surface area contributed by atoms with Crippen LogP contribution < -0.4 is 10.1 Å². The van der Waals surface area contributed by atoms with Crippen molar-refractivity contribution in [3.63, 3.8) is 0 Å². The topological polar surface area (TPSA) is 69.0 Å². The summed E-state index contributed by atoms with van der Waals surface area (Å²) in [7, 11) is 0. The minimum atomic E-state index is -0.615. The van der Waals surface area contributed by atoms with E-state index in [1.54, 1.807) is 28.9 Å². The maximum absolute atomic E-state index is 12.2. The zero-order valence-corrected chi connectivity index (χ0v) is 14.4. The fourth-order valence-corrected chi connectivity index (χ4v) is 2.17. The van der Waals surface area contributed by atoms with Crippen LogP contribution in [0.1, 0.15) is 26.6 Å². The number of anilines is 1. The Kier molecular flexibility index (Phi) is 4.52. The molecule has 0 saturated carbocycles. The smallest absolute Gasteiger partial charge is 0.410 e. The number of carbonyl (C=O) groups is 1. The van der Waals surface area contributed by atoms with E-state index in [2.05, 4.69) is 15.4 Å². The van der Waals surface area contributed by atoms with Crippen LogP contribution in [0, 0.1) is 0 Å². The zero-order chi connectivity index (χ0) is 17.9. The summed E-state index contributed by atoms with van der Waals surface area (Å²) in [5, 5.41) is 7.23. The van der Waals surface area contributed by atoms with Gasteiger partial charge in [-0.1, -0.05) is 57.2 Å². The number of nitrogens with one attached hydrogen (secondary N) is 1. The van der Waals surface area contributed by atoms with Crippen molar-refractivity contribution in [2.75, 3.05) is 5.32 Å². The number of aromatic nitrogens is 3. The van der Waals surface area contributed by atoms with Gasteiger partial charge in [0.2, 0.25) is 5.95 Å². The van der Waals surface area contributed by atoms with Crippen LogP contribution in [0.2, 0.25) is 0 Å². The molecule has 0 aliphatic rings. The minimum Gasteiger partial charge on any atom is -0.410 e. The average molecular weight is 336 g/mol. The number of benzene rings is 2. The first-order chi connectivity index (χ1) is 11.9. The minimum absolute atomic E-state index is 0.250. The normalized spacial score (nSPS) is 11.2. The van der Waals surface area contributed by atoms with Gasteiger partial charge in [0.1, 0.15) is 5.75 Å². The molecule has 0 aliphatic heterocycles. The molecule has 2 aromatic carbocycles. The van der Waals surface area contributed by atoms with E-state index in [-0.39, 0.29) is 5.41 Å². The van der Waals surface area contributed by atoms with Gasteiger partial charge >= 0.3 is 6.09 Å². The van der Waals surface area contributed by atoms with Crippen LogP contribution in [-0.4, -0.2) is 20.9 Å². The highest BCUT2D eigenvalue weighted by molar-refractivity contribution is 5.84. The predicted octanol–water partition coefficient (Wildman–Crippen LogP) is 4.18. The van der Waals surface area contributed by atoms with Gasteiger partial charge in [-0.15, -0.1) is 5.10 Å². The van der Waals surface area contributed by atoms with Crippen molar-refractivity contribution >= 4 is 12.0 Å². The highest BCUT2D eigenvalue weighted by Crippen LogP contribution is 2.23. The second-order valence-corrected chi connectivity index (χ2v) is 6.58. The van der Waals surface area contributed by atoms with Crippen LogP contribution >= 0.6 is 0 Å². The summed E-state index contributed by atoms with van der Waals surface area (Å²) in [5.74, 6) is 1.41. The van der Waals surface area contributed by atoms with Gasteiger partial charge in [0.05, 0.1) is 5.69 Å². The molecule has 0 spiro atoms. The van der Waals surface area contributed by atoms with E-state index in [1.807, 2.05) is 57.2 Å². The lowest BCUT2D eigenvalue weighted by molar-refractivity contribution is 0.215. The molecule has 6 heteroatoms. The van der Waals surface area contributed by atoms with Crippen molar-refractivity contribution in [2.45, 2.75) is 26.2 Å². The first-order valence-corrected chi connectivity index (χ1v) is 8.00. The quantitative estimate of drug-likeness (QED) is 0.779. The largest absolute Gasteiger partial charge is 0.419 e. The number of hydrogen-bond donors (Lipinski definition) is 1. The fraction of sp³-hybridized carbons (Fsp3) is 0.211. The molecule has 6 nitrogen and oxygen atoms in total. The summed E-state index contributed by atoms with van der Waals surface area (Å²) in [6.45, 7) is 6.05. The average Bonchev–Trinajstić information content (AvgIpc) is 3.00. The molecule has 0 saturated heterocycles. The molecule has 0 unspecified atom stereocenters. The highest BCUT2D eigenvalue weighted by Gasteiger charge is 2.23. The van der Waals surface area contributed by atoms with E-state index in [1.165, 1.54) is 0 Å². The highest BCUT2D eigenvalue weighted by atomic mass is 16.6. The molecular weight excluding hydrogens is 316 g/mol.